The van der Waals surface area contributed by atoms with Gasteiger partial charge in [0.05, 0.1) is 12.7 Å². The standard InChI is InChI=1S/C18H26N4O2/c23-18(17-15-4-1-5-16(15)20-21-17)22-9-6-14(7-10-22)24-12-13-3-2-8-19-11-13/h2-3,8,11,14-17,20-21H,1,4-7,9-10,12H2. The van der Waals surface area contributed by atoms with Gasteiger partial charge in [0.2, 0.25) is 5.91 Å². The average Bonchev–Trinajstić information content (AvgIpc) is 3.24. The first kappa shape index (κ1) is 16.0. The van der Waals surface area contributed by atoms with Crippen LogP contribution in [-0.4, -0.2) is 47.1 Å². The third kappa shape index (κ3) is 3.31. The number of carbonyl (C=O) groups excluding carboxylic acids is 1. The van der Waals surface area contributed by atoms with Crippen LogP contribution in [0.4, 0.5) is 0 Å². The zero-order valence-corrected chi connectivity index (χ0v) is 14.0. The maximum absolute atomic E-state index is 12.8. The molecule has 1 aliphatic carbocycles. The van der Waals surface area contributed by atoms with Gasteiger partial charge in [-0.2, -0.15) is 0 Å². The van der Waals surface area contributed by atoms with Gasteiger partial charge in [0, 0.05) is 37.4 Å². The monoisotopic (exact) mass is 330 g/mol. The van der Waals surface area contributed by atoms with Gasteiger partial charge in [0.15, 0.2) is 0 Å². The van der Waals surface area contributed by atoms with E-state index in [9.17, 15) is 4.79 Å². The third-order valence-corrected chi connectivity index (χ3v) is 5.65. The Kier molecular flexibility index (Phi) is 4.78. The van der Waals surface area contributed by atoms with Crippen molar-refractivity contribution in [2.24, 2.45) is 5.92 Å². The van der Waals surface area contributed by atoms with Crippen LogP contribution < -0.4 is 10.9 Å². The minimum absolute atomic E-state index is 0.0367. The summed E-state index contributed by atoms with van der Waals surface area (Å²) >= 11 is 0. The zero-order chi connectivity index (χ0) is 16.4. The second-order valence-corrected chi connectivity index (χ2v) is 7.16. The van der Waals surface area contributed by atoms with Crippen LogP contribution in [0.25, 0.3) is 0 Å². The summed E-state index contributed by atoms with van der Waals surface area (Å²) in [7, 11) is 0. The van der Waals surface area contributed by atoms with Crippen molar-refractivity contribution in [3.8, 4) is 0 Å². The Labute approximate surface area is 142 Å². The number of rotatable bonds is 4. The lowest BCUT2D eigenvalue weighted by atomic mass is 9.95. The van der Waals surface area contributed by atoms with Crippen LogP contribution in [0.3, 0.4) is 0 Å². The fourth-order valence-electron chi connectivity index (χ4n) is 4.25. The summed E-state index contributed by atoms with van der Waals surface area (Å²) in [5, 5.41) is 0. The minimum Gasteiger partial charge on any atom is -0.373 e. The van der Waals surface area contributed by atoms with Crippen LogP contribution in [0.15, 0.2) is 24.5 Å². The number of hydrazine groups is 1. The Hall–Kier alpha value is -1.50. The molecule has 0 radical (unpaired) electrons. The van der Waals surface area contributed by atoms with Crippen molar-refractivity contribution in [3.63, 3.8) is 0 Å². The number of hydrogen-bond acceptors (Lipinski definition) is 5. The highest BCUT2D eigenvalue weighted by Crippen LogP contribution is 2.32. The van der Waals surface area contributed by atoms with E-state index in [0.29, 0.717) is 18.6 Å². The number of hydrogen-bond donors (Lipinski definition) is 2. The molecule has 3 unspecified atom stereocenters. The molecule has 24 heavy (non-hydrogen) atoms. The van der Waals surface area contributed by atoms with Crippen LogP contribution in [0.5, 0.6) is 0 Å². The number of amides is 1. The number of nitrogens with zero attached hydrogens (tertiary/aromatic N) is 2. The van der Waals surface area contributed by atoms with E-state index in [1.807, 2.05) is 23.2 Å². The normalized spacial score (nSPS) is 30.5. The van der Waals surface area contributed by atoms with E-state index >= 15 is 0 Å². The summed E-state index contributed by atoms with van der Waals surface area (Å²) in [4.78, 5) is 18.9. The summed E-state index contributed by atoms with van der Waals surface area (Å²) in [6, 6.07) is 4.41. The summed E-state index contributed by atoms with van der Waals surface area (Å²) in [5.41, 5.74) is 7.64. The molecular weight excluding hydrogens is 304 g/mol. The maximum Gasteiger partial charge on any atom is 0.241 e. The number of fused-ring (bicyclic) bond motifs is 1. The van der Waals surface area contributed by atoms with Gasteiger partial charge in [-0.3, -0.25) is 15.2 Å². The van der Waals surface area contributed by atoms with Gasteiger partial charge < -0.3 is 9.64 Å². The molecule has 3 atom stereocenters. The number of carbonyl (C=O) groups is 1. The first-order valence-corrected chi connectivity index (χ1v) is 9.11. The van der Waals surface area contributed by atoms with Crippen molar-refractivity contribution in [2.75, 3.05) is 13.1 Å². The highest BCUT2D eigenvalue weighted by molar-refractivity contribution is 5.82. The van der Waals surface area contributed by atoms with Crippen molar-refractivity contribution in [1.82, 2.24) is 20.7 Å². The first-order chi connectivity index (χ1) is 11.8. The lowest BCUT2D eigenvalue weighted by Gasteiger charge is -2.34. The van der Waals surface area contributed by atoms with Crippen molar-refractivity contribution < 1.29 is 9.53 Å². The Balaban J connectivity index is 1.25. The molecule has 0 bridgehead atoms. The molecule has 3 aliphatic rings. The van der Waals surface area contributed by atoms with Gasteiger partial charge in [0.1, 0.15) is 6.04 Å². The molecule has 6 nitrogen and oxygen atoms in total. The van der Waals surface area contributed by atoms with Crippen molar-refractivity contribution in [2.45, 2.75) is 56.9 Å². The zero-order valence-electron chi connectivity index (χ0n) is 14.0. The minimum atomic E-state index is -0.0367. The van der Waals surface area contributed by atoms with Crippen LogP contribution in [0, 0.1) is 5.92 Å². The van der Waals surface area contributed by atoms with Gasteiger partial charge in [-0.25, -0.2) is 5.43 Å². The summed E-state index contributed by atoms with van der Waals surface area (Å²) in [5.74, 6) is 0.736. The lowest BCUT2D eigenvalue weighted by molar-refractivity contribution is -0.137. The summed E-state index contributed by atoms with van der Waals surface area (Å²) in [6.45, 7) is 2.20. The highest BCUT2D eigenvalue weighted by Gasteiger charge is 2.44. The number of likely N-dealkylation sites (tertiary alicyclic amines) is 1. The fourth-order valence-corrected chi connectivity index (χ4v) is 4.25. The van der Waals surface area contributed by atoms with Gasteiger partial charge in [-0.05, 0) is 37.3 Å². The molecule has 2 aliphatic heterocycles. The average molecular weight is 330 g/mol. The van der Waals surface area contributed by atoms with Crippen molar-refractivity contribution >= 4 is 5.91 Å². The van der Waals surface area contributed by atoms with E-state index < -0.39 is 0 Å². The largest absolute Gasteiger partial charge is 0.373 e. The molecule has 6 heteroatoms. The van der Waals surface area contributed by atoms with E-state index in [0.717, 1.165) is 37.9 Å². The van der Waals surface area contributed by atoms with Crippen LogP contribution in [0.1, 0.15) is 37.7 Å². The highest BCUT2D eigenvalue weighted by atomic mass is 16.5. The molecule has 0 aromatic carbocycles. The summed E-state index contributed by atoms with van der Waals surface area (Å²) < 4.78 is 5.99. The van der Waals surface area contributed by atoms with Crippen molar-refractivity contribution in [1.29, 1.82) is 0 Å². The molecule has 3 heterocycles. The third-order valence-electron chi connectivity index (χ3n) is 5.65. The number of pyridine rings is 1. The smallest absolute Gasteiger partial charge is 0.241 e. The summed E-state index contributed by atoms with van der Waals surface area (Å²) in [6.07, 6.45) is 9.27. The molecule has 2 N–H and O–H groups in total. The predicted molar refractivity (Wildman–Crippen MR) is 89.8 cm³/mol. The van der Waals surface area contributed by atoms with E-state index in [-0.39, 0.29) is 18.1 Å². The van der Waals surface area contributed by atoms with Crippen molar-refractivity contribution in [3.05, 3.63) is 30.1 Å². The maximum atomic E-state index is 12.8. The molecule has 1 amide bonds. The molecule has 4 rings (SSSR count). The van der Waals surface area contributed by atoms with E-state index in [1.54, 1.807) is 6.20 Å². The molecular formula is C18H26N4O2. The second kappa shape index (κ2) is 7.17. The Bertz CT molecular complexity index is 559. The Morgan fingerprint density at radius 1 is 1.25 bits per heavy atom. The molecule has 1 saturated carbocycles. The van der Waals surface area contributed by atoms with Gasteiger partial charge in [0.25, 0.3) is 0 Å². The SMILES string of the molecule is O=C(C1NNC2CCCC21)N1CCC(OCc2cccnc2)CC1. The molecule has 1 aromatic rings. The number of ether oxygens (including phenoxy) is 1. The number of piperidine rings is 1. The van der Waals surface area contributed by atoms with Crippen LogP contribution >= 0.6 is 0 Å². The number of nitrogens with one attached hydrogen (secondary N) is 2. The molecule has 2 saturated heterocycles. The fraction of sp³-hybridized carbons (Fsp3) is 0.667. The van der Waals surface area contributed by atoms with E-state index in [1.165, 1.54) is 12.8 Å². The quantitative estimate of drug-likeness (QED) is 0.869. The lowest BCUT2D eigenvalue weighted by Crippen LogP contribution is -2.51. The van der Waals surface area contributed by atoms with Gasteiger partial charge in [-0.15, -0.1) is 0 Å². The Morgan fingerprint density at radius 3 is 2.92 bits per heavy atom. The van der Waals surface area contributed by atoms with Crippen LogP contribution in [0.2, 0.25) is 0 Å². The second-order valence-electron chi connectivity index (χ2n) is 7.16. The van der Waals surface area contributed by atoms with Crippen LogP contribution in [-0.2, 0) is 16.1 Å². The first-order valence-electron chi connectivity index (χ1n) is 9.11. The Morgan fingerprint density at radius 2 is 2.12 bits per heavy atom. The topological polar surface area (TPSA) is 66.5 Å². The molecule has 1 aromatic heterocycles. The molecule has 3 fully saturated rings. The van der Waals surface area contributed by atoms with E-state index in [4.69, 9.17) is 4.74 Å². The molecule has 130 valence electrons. The van der Waals surface area contributed by atoms with Gasteiger partial charge >= 0.3 is 0 Å². The molecule has 0 spiro atoms. The predicted octanol–water partition coefficient (Wildman–Crippen LogP) is 1.23. The number of aromatic nitrogens is 1. The van der Waals surface area contributed by atoms with E-state index in [2.05, 4.69) is 15.8 Å². The van der Waals surface area contributed by atoms with Gasteiger partial charge in [-0.1, -0.05) is 12.5 Å².